The number of rotatable bonds is 3. The average molecular weight is 230 g/mol. The Labute approximate surface area is 97.2 Å². The lowest BCUT2D eigenvalue weighted by Gasteiger charge is -2.07. The van der Waals surface area contributed by atoms with Crippen molar-refractivity contribution in [2.45, 2.75) is 9.92 Å². The Balaban J connectivity index is 2.31. The van der Waals surface area contributed by atoms with Crippen LogP contribution in [-0.2, 0) is 0 Å². The number of carboxylic acid groups (broad SMARTS) is 1. The summed E-state index contributed by atoms with van der Waals surface area (Å²) in [7, 11) is 0. The van der Waals surface area contributed by atoms with Gasteiger partial charge in [0.2, 0.25) is 0 Å². The van der Waals surface area contributed by atoms with Crippen LogP contribution in [-0.4, -0.2) is 11.0 Å². The van der Waals surface area contributed by atoms with Gasteiger partial charge in [0.15, 0.2) is 0 Å². The highest BCUT2D eigenvalue weighted by Crippen LogP contribution is 2.27. The van der Waals surface area contributed by atoms with Gasteiger partial charge < -0.3 is 9.90 Å². The molecule has 0 N–H and O–H groups in total. The van der Waals surface area contributed by atoms with Crippen molar-refractivity contribution in [1.82, 2.24) is 4.98 Å². The maximum atomic E-state index is 10.8. The number of benzene rings is 1. The van der Waals surface area contributed by atoms with Gasteiger partial charge in [0.25, 0.3) is 0 Å². The zero-order chi connectivity index (χ0) is 11.4. The zero-order valence-electron chi connectivity index (χ0n) is 8.29. The smallest absolute Gasteiger partial charge is 0.110 e. The van der Waals surface area contributed by atoms with E-state index in [1.165, 1.54) is 17.8 Å². The molecule has 80 valence electrons. The Morgan fingerprint density at radius 3 is 2.56 bits per heavy atom. The Kier molecular flexibility index (Phi) is 3.22. The summed E-state index contributed by atoms with van der Waals surface area (Å²) in [5, 5.41) is 11.3. The first kappa shape index (κ1) is 10.7. The van der Waals surface area contributed by atoms with Crippen LogP contribution in [0.5, 0.6) is 0 Å². The lowest BCUT2D eigenvalue weighted by Crippen LogP contribution is -2.23. The van der Waals surface area contributed by atoms with E-state index in [0.717, 1.165) is 4.90 Å². The lowest BCUT2D eigenvalue weighted by molar-refractivity contribution is -0.255. The Hall–Kier alpha value is -1.81. The fraction of sp³-hybridized carbons (Fsp3) is 0. The number of aromatic nitrogens is 1. The molecule has 0 spiro atoms. The minimum Gasteiger partial charge on any atom is -0.545 e. The standard InChI is InChI=1S/C12H9NO2S/c14-12(15)10-7-4-8-13-11(10)16-9-5-2-1-3-6-9/h1-8H,(H,14,15)/p-1. The van der Waals surface area contributed by atoms with Crippen LogP contribution in [0.25, 0.3) is 0 Å². The first-order chi connectivity index (χ1) is 7.77. The maximum absolute atomic E-state index is 10.8. The van der Waals surface area contributed by atoms with Crippen LogP contribution in [0.15, 0.2) is 58.6 Å². The second-order valence-corrected chi connectivity index (χ2v) is 4.12. The Morgan fingerprint density at radius 1 is 1.12 bits per heavy atom. The second-order valence-electron chi connectivity index (χ2n) is 3.06. The first-order valence-corrected chi connectivity index (χ1v) is 5.48. The molecule has 0 fully saturated rings. The molecule has 0 radical (unpaired) electrons. The van der Waals surface area contributed by atoms with E-state index < -0.39 is 5.97 Å². The Bertz CT molecular complexity index is 499. The predicted molar refractivity (Wildman–Crippen MR) is 59.1 cm³/mol. The van der Waals surface area contributed by atoms with Gasteiger partial charge in [-0.25, -0.2) is 4.98 Å². The predicted octanol–water partition coefficient (Wildman–Crippen LogP) is 1.60. The molecule has 1 heterocycles. The summed E-state index contributed by atoms with van der Waals surface area (Å²) < 4.78 is 0. The molecule has 0 unspecified atom stereocenters. The molecule has 1 aromatic carbocycles. The van der Waals surface area contributed by atoms with Crippen molar-refractivity contribution < 1.29 is 9.90 Å². The van der Waals surface area contributed by atoms with Crippen molar-refractivity contribution in [2.24, 2.45) is 0 Å². The average Bonchev–Trinajstić information content (AvgIpc) is 2.31. The summed E-state index contributed by atoms with van der Waals surface area (Å²) in [6.07, 6.45) is 1.57. The molecular weight excluding hydrogens is 222 g/mol. The van der Waals surface area contributed by atoms with Crippen molar-refractivity contribution in [2.75, 3.05) is 0 Å². The van der Waals surface area contributed by atoms with Crippen LogP contribution in [0.2, 0.25) is 0 Å². The zero-order valence-corrected chi connectivity index (χ0v) is 9.11. The normalized spacial score (nSPS) is 10.0. The molecule has 4 heteroatoms. The molecule has 0 aliphatic rings. The summed E-state index contributed by atoms with van der Waals surface area (Å²) in [6, 6.07) is 12.6. The van der Waals surface area contributed by atoms with E-state index in [2.05, 4.69) is 4.98 Å². The third-order valence-corrected chi connectivity index (χ3v) is 2.98. The van der Waals surface area contributed by atoms with Gasteiger partial charge >= 0.3 is 0 Å². The summed E-state index contributed by atoms with van der Waals surface area (Å²) in [5.74, 6) is -1.20. The number of hydrogen-bond acceptors (Lipinski definition) is 4. The van der Waals surface area contributed by atoms with Crippen molar-refractivity contribution in [3.8, 4) is 0 Å². The summed E-state index contributed by atoms with van der Waals surface area (Å²) >= 11 is 1.31. The third kappa shape index (κ3) is 2.41. The van der Waals surface area contributed by atoms with Crippen molar-refractivity contribution in [3.05, 3.63) is 54.2 Å². The van der Waals surface area contributed by atoms with Gasteiger partial charge in [-0.3, -0.25) is 0 Å². The lowest BCUT2D eigenvalue weighted by atomic mass is 10.3. The molecule has 0 amide bonds. The number of nitrogens with zero attached hydrogens (tertiary/aromatic N) is 1. The fourth-order valence-corrected chi connectivity index (χ4v) is 2.12. The van der Waals surface area contributed by atoms with E-state index >= 15 is 0 Å². The highest BCUT2D eigenvalue weighted by Gasteiger charge is 2.05. The van der Waals surface area contributed by atoms with Gasteiger partial charge in [-0.2, -0.15) is 0 Å². The monoisotopic (exact) mass is 230 g/mol. The number of pyridine rings is 1. The molecule has 0 saturated carbocycles. The maximum Gasteiger partial charge on any atom is 0.110 e. The summed E-state index contributed by atoms with van der Waals surface area (Å²) in [5.41, 5.74) is 0.122. The Morgan fingerprint density at radius 2 is 1.88 bits per heavy atom. The minimum atomic E-state index is -1.20. The largest absolute Gasteiger partial charge is 0.545 e. The molecular formula is C12H8NO2S-. The SMILES string of the molecule is O=C([O-])c1cccnc1Sc1ccccc1. The molecule has 0 saturated heterocycles. The number of carboxylic acids is 1. The van der Waals surface area contributed by atoms with Crippen LogP contribution in [0.3, 0.4) is 0 Å². The number of carbonyl (C=O) groups is 1. The summed E-state index contributed by atoms with van der Waals surface area (Å²) in [6.45, 7) is 0. The first-order valence-electron chi connectivity index (χ1n) is 4.66. The van der Waals surface area contributed by atoms with Gasteiger partial charge in [0.05, 0.1) is 5.97 Å². The quantitative estimate of drug-likeness (QED) is 0.803. The number of carbonyl (C=O) groups excluding carboxylic acids is 1. The van der Waals surface area contributed by atoms with E-state index in [4.69, 9.17) is 0 Å². The van der Waals surface area contributed by atoms with Gasteiger partial charge in [-0.1, -0.05) is 30.0 Å². The molecule has 3 nitrogen and oxygen atoms in total. The molecule has 2 rings (SSSR count). The number of aromatic carboxylic acids is 1. The van der Waals surface area contributed by atoms with E-state index in [0.29, 0.717) is 5.03 Å². The van der Waals surface area contributed by atoms with Crippen LogP contribution in [0.1, 0.15) is 10.4 Å². The van der Waals surface area contributed by atoms with Crippen molar-refractivity contribution in [3.63, 3.8) is 0 Å². The molecule has 0 aliphatic carbocycles. The topological polar surface area (TPSA) is 53.0 Å². The molecule has 2 aromatic rings. The molecule has 0 aliphatic heterocycles. The highest BCUT2D eigenvalue weighted by molar-refractivity contribution is 7.99. The van der Waals surface area contributed by atoms with Crippen LogP contribution < -0.4 is 5.11 Å². The van der Waals surface area contributed by atoms with Crippen molar-refractivity contribution in [1.29, 1.82) is 0 Å². The van der Waals surface area contributed by atoms with E-state index in [1.54, 1.807) is 12.3 Å². The summed E-state index contributed by atoms with van der Waals surface area (Å²) in [4.78, 5) is 15.8. The van der Waals surface area contributed by atoms with E-state index in [-0.39, 0.29) is 5.56 Å². The van der Waals surface area contributed by atoms with Gasteiger partial charge in [0, 0.05) is 16.7 Å². The third-order valence-electron chi connectivity index (χ3n) is 1.95. The molecule has 16 heavy (non-hydrogen) atoms. The highest BCUT2D eigenvalue weighted by atomic mass is 32.2. The number of hydrogen-bond donors (Lipinski definition) is 0. The van der Waals surface area contributed by atoms with Crippen LogP contribution in [0, 0.1) is 0 Å². The minimum absolute atomic E-state index is 0.122. The fourth-order valence-electron chi connectivity index (χ4n) is 1.23. The van der Waals surface area contributed by atoms with E-state index in [1.807, 2.05) is 30.3 Å². The second kappa shape index (κ2) is 4.81. The van der Waals surface area contributed by atoms with Crippen LogP contribution in [0.4, 0.5) is 0 Å². The molecule has 0 atom stereocenters. The van der Waals surface area contributed by atoms with Crippen molar-refractivity contribution >= 4 is 17.7 Å². The van der Waals surface area contributed by atoms with E-state index in [9.17, 15) is 9.90 Å². The molecule has 1 aromatic heterocycles. The van der Waals surface area contributed by atoms with Gasteiger partial charge in [-0.05, 0) is 24.3 Å². The van der Waals surface area contributed by atoms with Gasteiger partial charge in [0.1, 0.15) is 5.03 Å². The van der Waals surface area contributed by atoms with Crippen LogP contribution >= 0.6 is 11.8 Å². The molecule has 0 bridgehead atoms. The van der Waals surface area contributed by atoms with Gasteiger partial charge in [-0.15, -0.1) is 0 Å².